The van der Waals surface area contributed by atoms with Crippen molar-refractivity contribution in [2.75, 3.05) is 13.2 Å². The Labute approximate surface area is 156 Å². The first-order valence-corrected chi connectivity index (χ1v) is 9.40. The van der Waals surface area contributed by atoms with E-state index < -0.39 is 0 Å². The fourth-order valence-corrected chi connectivity index (χ4v) is 2.63. The summed E-state index contributed by atoms with van der Waals surface area (Å²) in [5.41, 5.74) is 0.298. The monoisotopic (exact) mass is 360 g/mol. The van der Waals surface area contributed by atoms with Gasteiger partial charge in [-0.1, -0.05) is 12.1 Å². The number of benzene rings is 1. The van der Waals surface area contributed by atoms with Gasteiger partial charge < -0.3 is 24.7 Å². The molecule has 0 spiro atoms. The molecule has 0 atom stereocenters. The van der Waals surface area contributed by atoms with Crippen LogP contribution in [-0.2, 0) is 9.31 Å². The first kappa shape index (κ1) is 19.0. The van der Waals surface area contributed by atoms with Gasteiger partial charge in [-0.25, -0.2) is 4.79 Å². The molecule has 1 aliphatic carbocycles. The van der Waals surface area contributed by atoms with Gasteiger partial charge in [-0.15, -0.1) is 0 Å². The normalized spacial score (nSPS) is 20.7. The molecule has 2 amide bonds. The second kappa shape index (κ2) is 7.49. The number of amides is 2. The third-order valence-electron chi connectivity index (χ3n) is 5.19. The van der Waals surface area contributed by atoms with Crippen molar-refractivity contribution in [1.82, 2.24) is 10.6 Å². The van der Waals surface area contributed by atoms with E-state index in [0.717, 1.165) is 30.5 Å². The van der Waals surface area contributed by atoms with E-state index in [1.54, 1.807) is 0 Å². The summed E-state index contributed by atoms with van der Waals surface area (Å²) in [5.74, 6) is 0.799. The average Bonchev–Trinajstić information content (AvgIpc) is 3.34. The molecular weight excluding hydrogens is 331 g/mol. The fourth-order valence-electron chi connectivity index (χ4n) is 2.63. The van der Waals surface area contributed by atoms with E-state index in [-0.39, 0.29) is 24.4 Å². The van der Waals surface area contributed by atoms with Crippen LogP contribution in [0.2, 0.25) is 0 Å². The molecule has 0 unspecified atom stereocenters. The molecule has 0 bridgehead atoms. The van der Waals surface area contributed by atoms with Crippen LogP contribution < -0.4 is 20.8 Å². The third-order valence-corrected chi connectivity index (χ3v) is 5.19. The van der Waals surface area contributed by atoms with Crippen LogP contribution in [0.4, 0.5) is 4.79 Å². The van der Waals surface area contributed by atoms with Gasteiger partial charge in [0.05, 0.1) is 17.8 Å². The van der Waals surface area contributed by atoms with Crippen molar-refractivity contribution in [2.24, 2.45) is 0 Å². The Balaban J connectivity index is 1.38. The lowest BCUT2D eigenvalue weighted by Gasteiger charge is -2.32. The van der Waals surface area contributed by atoms with Gasteiger partial charge in [-0.2, -0.15) is 0 Å². The van der Waals surface area contributed by atoms with Crippen LogP contribution in [-0.4, -0.2) is 43.5 Å². The van der Waals surface area contributed by atoms with Crippen molar-refractivity contribution in [3.63, 3.8) is 0 Å². The lowest BCUT2D eigenvalue weighted by atomic mass is 9.79. The standard InChI is InChI=1S/C19H29BN2O4/c1-18(2)19(3,4)26-20(25-18)14-6-10-16(11-7-14)24-13-5-12-21-17(23)22-15-8-9-15/h6-7,10-11,15H,5,8-9,12-13H2,1-4H3,(H2,21,22,23). The molecule has 6 nitrogen and oxygen atoms in total. The van der Waals surface area contributed by atoms with Crippen LogP contribution in [0.25, 0.3) is 0 Å². The van der Waals surface area contributed by atoms with Gasteiger partial charge >= 0.3 is 13.1 Å². The molecule has 0 aromatic heterocycles. The molecule has 3 rings (SSSR count). The van der Waals surface area contributed by atoms with E-state index in [4.69, 9.17) is 14.0 Å². The van der Waals surface area contributed by atoms with Crippen LogP contribution in [0.15, 0.2) is 24.3 Å². The van der Waals surface area contributed by atoms with Crippen molar-refractivity contribution in [2.45, 2.75) is 64.2 Å². The smallest absolute Gasteiger partial charge is 0.494 e. The molecule has 26 heavy (non-hydrogen) atoms. The van der Waals surface area contributed by atoms with E-state index >= 15 is 0 Å². The molecule has 0 radical (unpaired) electrons. The lowest BCUT2D eigenvalue weighted by molar-refractivity contribution is 0.00578. The highest BCUT2D eigenvalue weighted by Crippen LogP contribution is 2.36. The predicted octanol–water partition coefficient (Wildman–Crippen LogP) is 2.22. The molecule has 2 N–H and O–H groups in total. The summed E-state index contributed by atoms with van der Waals surface area (Å²) in [6.45, 7) is 9.34. The quantitative estimate of drug-likeness (QED) is 0.578. The van der Waals surface area contributed by atoms with E-state index in [0.29, 0.717) is 19.2 Å². The first-order valence-electron chi connectivity index (χ1n) is 9.40. The van der Waals surface area contributed by atoms with Crippen LogP contribution in [0.1, 0.15) is 47.0 Å². The molecule has 1 aromatic carbocycles. The largest absolute Gasteiger partial charge is 0.494 e. The van der Waals surface area contributed by atoms with Crippen LogP contribution in [0.3, 0.4) is 0 Å². The van der Waals surface area contributed by atoms with Crippen LogP contribution >= 0.6 is 0 Å². The molecule has 1 heterocycles. The number of ether oxygens (including phenoxy) is 1. The van der Waals surface area contributed by atoms with Gasteiger partial charge in [0, 0.05) is 12.6 Å². The predicted molar refractivity (Wildman–Crippen MR) is 102 cm³/mol. The zero-order valence-electron chi connectivity index (χ0n) is 16.1. The Morgan fingerprint density at radius 2 is 1.77 bits per heavy atom. The Bertz CT molecular complexity index is 613. The van der Waals surface area contributed by atoms with Gasteiger partial charge in [0.15, 0.2) is 0 Å². The van der Waals surface area contributed by atoms with Crippen molar-refractivity contribution < 1.29 is 18.8 Å². The maximum atomic E-state index is 11.5. The Morgan fingerprint density at radius 1 is 1.15 bits per heavy atom. The molecular formula is C19H29BN2O4. The summed E-state index contributed by atoms with van der Waals surface area (Å²) in [6, 6.07) is 8.09. The van der Waals surface area contributed by atoms with Crippen molar-refractivity contribution in [3.05, 3.63) is 24.3 Å². The van der Waals surface area contributed by atoms with Crippen LogP contribution in [0.5, 0.6) is 5.75 Å². The van der Waals surface area contributed by atoms with E-state index in [9.17, 15) is 4.79 Å². The number of nitrogens with one attached hydrogen (secondary N) is 2. The Morgan fingerprint density at radius 3 is 2.35 bits per heavy atom. The number of carbonyl (C=O) groups is 1. The number of carbonyl (C=O) groups excluding carboxylic acids is 1. The molecule has 1 aliphatic heterocycles. The summed E-state index contributed by atoms with van der Waals surface area (Å²) in [4.78, 5) is 11.5. The highest BCUT2D eigenvalue weighted by atomic mass is 16.7. The minimum absolute atomic E-state index is 0.0840. The average molecular weight is 360 g/mol. The summed E-state index contributed by atoms with van der Waals surface area (Å²) >= 11 is 0. The highest BCUT2D eigenvalue weighted by Gasteiger charge is 2.51. The third kappa shape index (κ3) is 4.71. The molecule has 1 aromatic rings. The van der Waals surface area contributed by atoms with Gasteiger partial charge in [-0.3, -0.25) is 0 Å². The zero-order valence-corrected chi connectivity index (χ0v) is 16.1. The van der Waals surface area contributed by atoms with Crippen molar-refractivity contribution >= 4 is 18.6 Å². The minimum atomic E-state index is -0.358. The molecule has 2 aliphatic rings. The Hall–Kier alpha value is -1.73. The number of rotatable bonds is 7. The van der Waals surface area contributed by atoms with Crippen molar-refractivity contribution in [1.29, 1.82) is 0 Å². The maximum absolute atomic E-state index is 11.5. The molecule has 142 valence electrons. The van der Waals surface area contributed by atoms with Crippen LogP contribution in [0, 0.1) is 0 Å². The lowest BCUT2D eigenvalue weighted by Crippen LogP contribution is -2.41. The Kier molecular flexibility index (Phi) is 5.48. The SMILES string of the molecule is CC1(C)OB(c2ccc(OCCCNC(=O)NC3CC3)cc2)OC1(C)C. The van der Waals surface area contributed by atoms with E-state index in [2.05, 4.69) is 10.6 Å². The molecule has 2 fully saturated rings. The molecule has 1 saturated heterocycles. The van der Waals surface area contributed by atoms with Gasteiger partial charge in [0.25, 0.3) is 0 Å². The minimum Gasteiger partial charge on any atom is -0.494 e. The van der Waals surface area contributed by atoms with E-state index in [1.807, 2.05) is 52.0 Å². The summed E-state index contributed by atoms with van der Waals surface area (Å²) < 4.78 is 17.8. The van der Waals surface area contributed by atoms with Gasteiger partial charge in [0.2, 0.25) is 0 Å². The summed E-state index contributed by atoms with van der Waals surface area (Å²) in [7, 11) is -0.358. The van der Waals surface area contributed by atoms with Gasteiger partial charge in [-0.05, 0) is 64.6 Å². The zero-order chi connectivity index (χ0) is 18.8. The molecule has 1 saturated carbocycles. The number of hydrogen-bond acceptors (Lipinski definition) is 4. The van der Waals surface area contributed by atoms with Crippen molar-refractivity contribution in [3.8, 4) is 5.75 Å². The second-order valence-electron chi connectivity index (χ2n) is 8.03. The summed E-state index contributed by atoms with van der Waals surface area (Å²) in [6.07, 6.45) is 2.95. The topological polar surface area (TPSA) is 68.8 Å². The number of hydrogen-bond donors (Lipinski definition) is 2. The maximum Gasteiger partial charge on any atom is 0.494 e. The second-order valence-corrected chi connectivity index (χ2v) is 8.03. The number of urea groups is 1. The van der Waals surface area contributed by atoms with Gasteiger partial charge in [0.1, 0.15) is 5.75 Å². The molecule has 7 heteroatoms. The first-order chi connectivity index (χ1) is 12.3. The summed E-state index contributed by atoms with van der Waals surface area (Å²) in [5, 5.41) is 5.73. The fraction of sp³-hybridized carbons (Fsp3) is 0.632. The van der Waals surface area contributed by atoms with E-state index in [1.165, 1.54) is 0 Å². The highest BCUT2D eigenvalue weighted by molar-refractivity contribution is 6.62.